The van der Waals surface area contributed by atoms with Crippen LogP contribution in [0.5, 0.6) is 11.5 Å². The van der Waals surface area contributed by atoms with Crippen molar-refractivity contribution >= 4 is 34.9 Å². The topological polar surface area (TPSA) is 108 Å². The lowest BCUT2D eigenvalue weighted by atomic mass is 10.1. The Kier molecular flexibility index (Phi) is 7.14. The first kappa shape index (κ1) is 23.6. The number of ether oxygens (including phenoxy) is 3. The lowest BCUT2D eigenvalue weighted by Crippen LogP contribution is -2.27. The number of non-ortho nitro benzene ring substituents is 1. The second-order valence-corrected chi connectivity index (χ2v) is 7.15. The molecule has 0 saturated heterocycles. The summed E-state index contributed by atoms with van der Waals surface area (Å²) in [5, 5.41) is 12.0. The minimum absolute atomic E-state index is 0.0923. The Morgan fingerprint density at radius 2 is 1.79 bits per heavy atom. The Labute approximate surface area is 194 Å². The summed E-state index contributed by atoms with van der Waals surface area (Å²) < 4.78 is 15.5. The molecular weight excluding hydrogens is 452 g/mol. The van der Waals surface area contributed by atoms with Gasteiger partial charge in [0.2, 0.25) is 0 Å². The number of para-hydroxylation sites is 1. The Hall–Kier alpha value is -4.11. The molecule has 0 aliphatic carbocycles. The number of nitro groups is 1. The smallest absolute Gasteiger partial charge is 0.355 e. The number of carbonyl (C=O) groups excluding carboxylic acids is 2. The number of methoxy groups -OCH3 is 2. The maximum Gasteiger partial charge on any atom is 0.355 e. The molecule has 0 fully saturated rings. The molecule has 0 radical (unpaired) electrons. The molecule has 0 saturated carbocycles. The van der Waals surface area contributed by atoms with E-state index in [1.54, 1.807) is 31.2 Å². The fourth-order valence-corrected chi connectivity index (χ4v) is 3.36. The van der Waals surface area contributed by atoms with Crippen molar-refractivity contribution in [3.8, 4) is 11.5 Å². The van der Waals surface area contributed by atoms with E-state index >= 15 is 0 Å². The number of carbonyl (C=O) groups is 2. The zero-order valence-corrected chi connectivity index (χ0v) is 18.7. The molecule has 0 atom stereocenters. The summed E-state index contributed by atoms with van der Waals surface area (Å²) in [6.45, 7) is 1.78. The molecule has 0 aromatic heterocycles. The highest BCUT2D eigenvalue weighted by Gasteiger charge is 2.29. The molecule has 2 aromatic carbocycles. The van der Waals surface area contributed by atoms with Crippen LogP contribution in [0.2, 0.25) is 5.02 Å². The quantitative estimate of drug-likeness (QED) is 0.335. The zero-order chi connectivity index (χ0) is 24.1. The van der Waals surface area contributed by atoms with Crippen molar-refractivity contribution in [3.63, 3.8) is 0 Å². The standard InChI is InChI=1S/C23H19ClN2O7/c1-14-7-6-9-19(24)21(14)33-17-12-15(11-16(13-17)26(29)30)25-10-5-4-8-18(22(27)31-2)20(25)23(28)32-3/h4-13H,1-3H3. The van der Waals surface area contributed by atoms with Crippen LogP contribution in [0.1, 0.15) is 5.56 Å². The number of allylic oxidation sites excluding steroid dienone is 2. The summed E-state index contributed by atoms with van der Waals surface area (Å²) in [5.41, 5.74) is 0.310. The van der Waals surface area contributed by atoms with E-state index in [1.165, 1.54) is 48.6 Å². The molecule has 9 nitrogen and oxygen atoms in total. The average Bonchev–Trinajstić information content (AvgIpc) is 3.03. The van der Waals surface area contributed by atoms with Crippen LogP contribution in [0.25, 0.3) is 0 Å². The molecule has 3 rings (SSSR count). The largest absolute Gasteiger partial charge is 0.465 e. The van der Waals surface area contributed by atoms with Crippen LogP contribution in [0.3, 0.4) is 0 Å². The van der Waals surface area contributed by atoms with Gasteiger partial charge >= 0.3 is 11.9 Å². The summed E-state index contributed by atoms with van der Waals surface area (Å²) in [4.78, 5) is 37.3. The van der Waals surface area contributed by atoms with E-state index < -0.39 is 16.9 Å². The molecule has 0 N–H and O–H groups in total. The van der Waals surface area contributed by atoms with E-state index in [-0.39, 0.29) is 28.4 Å². The van der Waals surface area contributed by atoms with Crippen LogP contribution in [0, 0.1) is 17.0 Å². The third-order valence-corrected chi connectivity index (χ3v) is 4.94. The van der Waals surface area contributed by atoms with Crippen molar-refractivity contribution in [1.82, 2.24) is 0 Å². The van der Waals surface area contributed by atoms with Gasteiger partial charge in [-0.2, -0.15) is 0 Å². The molecule has 170 valence electrons. The lowest BCUT2D eigenvalue weighted by Gasteiger charge is -2.23. The summed E-state index contributed by atoms with van der Waals surface area (Å²) >= 11 is 6.24. The van der Waals surface area contributed by atoms with E-state index in [9.17, 15) is 19.7 Å². The van der Waals surface area contributed by atoms with Crippen molar-refractivity contribution in [3.05, 3.63) is 92.8 Å². The predicted octanol–water partition coefficient (Wildman–Crippen LogP) is 4.84. The van der Waals surface area contributed by atoms with Crippen LogP contribution in [-0.4, -0.2) is 31.1 Å². The van der Waals surface area contributed by atoms with Crippen molar-refractivity contribution < 1.29 is 28.7 Å². The third kappa shape index (κ3) is 5.04. The Balaban J connectivity index is 2.20. The normalized spacial score (nSPS) is 12.9. The highest BCUT2D eigenvalue weighted by molar-refractivity contribution is 6.32. The SMILES string of the molecule is COC(=O)C1=C(C(=O)OC)N(c2cc(Oc3c(C)cccc3Cl)cc([N+](=O)[O-])c2)C=CC=C1. The molecule has 33 heavy (non-hydrogen) atoms. The number of anilines is 1. The van der Waals surface area contributed by atoms with E-state index in [4.69, 9.17) is 25.8 Å². The third-order valence-electron chi connectivity index (χ3n) is 4.64. The number of rotatable bonds is 6. The summed E-state index contributed by atoms with van der Waals surface area (Å²) in [5.74, 6) is -1.20. The molecule has 1 aliphatic rings. The Morgan fingerprint density at radius 3 is 2.42 bits per heavy atom. The van der Waals surface area contributed by atoms with E-state index in [1.807, 2.05) is 0 Å². The van der Waals surface area contributed by atoms with Gasteiger partial charge in [-0.1, -0.05) is 29.8 Å². The van der Waals surface area contributed by atoms with Crippen LogP contribution >= 0.6 is 11.6 Å². The Bertz CT molecular complexity index is 1200. The predicted molar refractivity (Wildman–Crippen MR) is 121 cm³/mol. The van der Waals surface area contributed by atoms with Gasteiger partial charge in [0, 0.05) is 18.3 Å². The maximum absolute atomic E-state index is 12.6. The Morgan fingerprint density at radius 1 is 1.06 bits per heavy atom. The van der Waals surface area contributed by atoms with Gasteiger partial charge in [0.1, 0.15) is 17.2 Å². The van der Waals surface area contributed by atoms with E-state index in [0.717, 1.165) is 12.7 Å². The fourth-order valence-electron chi connectivity index (χ4n) is 3.10. The average molecular weight is 471 g/mol. The number of aryl methyl sites for hydroxylation is 1. The number of esters is 2. The van der Waals surface area contributed by atoms with Crippen molar-refractivity contribution in [1.29, 1.82) is 0 Å². The van der Waals surface area contributed by atoms with Crippen molar-refractivity contribution in [2.45, 2.75) is 6.92 Å². The van der Waals surface area contributed by atoms with Crippen molar-refractivity contribution in [2.24, 2.45) is 0 Å². The second kappa shape index (κ2) is 10.0. The number of nitrogens with zero attached hydrogens (tertiary/aromatic N) is 2. The van der Waals surface area contributed by atoms with Gasteiger partial charge in [-0.25, -0.2) is 9.59 Å². The highest BCUT2D eigenvalue weighted by Crippen LogP contribution is 2.37. The fraction of sp³-hybridized carbons (Fsp3) is 0.130. The summed E-state index contributed by atoms with van der Waals surface area (Å²) in [6.07, 6.45) is 5.92. The van der Waals surface area contributed by atoms with Crippen LogP contribution in [0.15, 0.2) is 72.1 Å². The van der Waals surface area contributed by atoms with Gasteiger partial charge in [0.05, 0.1) is 41.5 Å². The summed E-state index contributed by atoms with van der Waals surface area (Å²) in [7, 11) is 2.33. The van der Waals surface area contributed by atoms with Gasteiger partial charge < -0.3 is 19.1 Å². The minimum Gasteiger partial charge on any atom is -0.465 e. The van der Waals surface area contributed by atoms with Crippen molar-refractivity contribution in [2.75, 3.05) is 19.1 Å². The number of hydrogen-bond acceptors (Lipinski definition) is 8. The van der Waals surface area contributed by atoms with E-state index in [2.05, 4.69) is 0 Å². The molecule has 0 bridgehead atoms. The highest BCUT2D eigenvalue weighted by atomic mass is 35.5. The molecule has 2 aromatic rings. The molecular formula is C23H19ClN2O7. The molecule has 0 amide bonds. The number of nitro benzene ring substituents is 1. The number of benzene rings is 2. The molecule has 0 spiro atoms. The summed E-state index contributed by atoms with van der Waals surface area (Å²) in [6, 6.07) is 9.10. The lowest BCUT2D eigenvalue weighted by molar-refractivity contribution is -0.384. The van der Waals surface area contributed by atoms with Crippen LogP contribution in [0.4, 0.5) is 11.4 Å². The van der Waals surface area contributed by atoms with Crippen LogP contribution in [-0.2, 0) is 19.1 Å². The monoisotopic (exact) mass is 470 g/mol. The molecule has 0 unspecified atom stereocenters. The van der Waals surface area contributed by atoms with Gasteiger partial charge in [-0.3, -0.25) is 10.1 Å². The molecule has 1 heterocycles. The maximum atomic E-state index is 12.6. The first-order valence-electron chi connectivity index (χ1n) is 9.54. The minimum atomic E-state index is -0.845. The van der Waals surface area contributed by atoms with Gasteiger partial charge in [-0.05, 0) is 30.7 Å². The van der Waals surface area contributed by atoms with E-state index in [0.29, 0.717) is 10.8 Å². The van der Waals surface area contributed by atoms with Gasteiger partial charge in [0.25, 0.3) is 5.69 Å². The molecule has 1 aliphatic heterocycles. The second-order valence-electron chi connectivity index (χ2n) is 6.75. The first-order chi connectivity index (χ1) is 15.8. The molecule has 10 heteroatoms. The van der Waals surface area contributed by atoms with Crippen LogP contribution < -0.4 is 9.64 Å². The zero-order valence-electron chi connectivity index (χ0n) is 17.9. The van der Waals surface area contributed by atoms with Gasteiger partial charge in [0.15, 0.2) is 0 Å². The number of hydrogen-bond donors (Lipinski definition) is 0. The number of halogens is 1. The van der Waals surface area contributed by atoms with Gasteiger partial charge in [-0.15, -0.1) is 0 Å². The first-order valence-corrected chi connectivity index (χ1v) is 9.92.